The van der Waals surface area contributed by atoms with Gasteiger partial charge >= 0.3 is 12.1 Å². The van der Waals surface area contributed by atoms with Gasteiger partial charge in [-0.1, -0.05) is 0 Å². The maximum absolute atomic E-state index is 11.9. The van der Waals surface area contributed by atoms with Gasteiger partial charge in [0.25, 0.3) is 0 Å². The lowest BCUT2D eigenvalue weighted by Crippen LogP contribution is -2.27. The van der Waals surface area contributed by atoms with Gasteiger partial charge in [0.2, 0.25) is 10.0 Å². The molecule has 0 aliphatic rings. The van der Waals surface area contributed by atoms with Crippen molar-refractivity contribution in [1.29, 1.82) is 0 Å². The van der Waals surface area contributed by atoms with Crippen molar-refractivity contribution in [3.05, 3.63) is 17.0 Å². The van der Waals surface area contributed by atoms with Gasteiger partial charge in [-0.05, 0) is 12.1 Å². The quantitative estimate of drug-likeness (QED) is 0.835. The van der Waals surface area contributed by atoms with E-state index in [9.17, 15) is 26.4 Å². The van der Waals surface area contributed by atoms with E-state index in [1.54, 1.807) is 0 Å². The fourth-order valence-corrected chi connectivity index (χ4v) is 3.57. The summed E-state index contributed by atoms with van der Waals surface area (Å²) in [6.45, 7) is -0.752. The molecule has 0 aromatic carbocycles. The van der Waals surface area contributed by atoms with E-state index in [1.807, 2.05) is 4.72 Å². The summed E-state index contributed by atoms with van der Waals surface area (Å²) in [5.41, 5.74) is 0. The average Bonchev–Trinajstić information content (AvgIpc) is 2.63. The summed E-state index contributed by atoms with van der Waals surface area (Å²) in [5.74, 6) is -1.11. The highest BCUT2D eigenvalue weighted by atomic mass is 32.2. The highest BCUT2D eigenvalue weighted by molar-refractivity contribution is 7.91. The number of aliphatic carboxylic acids is 1. The van der Waals surface area contributed by atoms with Crippen LogP contribution >= 0.6 is 11.3 Å². The van der Waals surface area contributed by atoms with Crippen molar-refractivity contribution >= 4 is 27.3 Å². The van der Waals surface area contributed by atoms with Gasteiger partial charge in [-0.2, -0.15) is 13.2 Å². The molecule has 0 radical (unpaired) electrons. The predicted octanol–water partition coefficient (Wildman–Crippen LogP) is 1.61. The molecule has 10 heteroatoms. The number of carboxylic acid groups (broad SMARTS) is 1. The van der Waals surface area contributed by atoms with Gasteiger partial charge in [-0.25, -0.2) is 13.1 Å². The molecule has 0 atom stereocenters. The Bertz CT molecular complexity index is 550. The van der Waals surface area contributed by atoms with Crippen LogP contribution in [0.4, 0.5) is 13.2 Å². The molecule has 0 aliphatic heterocycles. The molecule has 0 unspecified atom stereocenters. The van der Waals surface area contributed by atoms with E-state index in [4.69, 9.17) is 5.11 Å². The number of nitrogens with one attached hydrogen (secondary N) is 1. The summed E-state index contributed by atoms with van der Waals surface area (Å²) in [6, 6.07) is 2.48. The molecule has 0 saturated heterocycles. The first-order valence-corrected chi connectivity index (χ1v) is 7.27. The number of rotatable bonds is 6. The molecule has 1 aromatic heterocycles. The Labute approximate surface area is 111 Å². The number of thiophene rings is 1. The largest absolute Gasteiger partial charge is 0.481 e. The Kier molecular flexibility index (Phi) is 4.93. The first-order chi connectivity index (χ1) is 8.60. The molecule has 0 spiro atoms. The highest BCUT2D eigenvalue weighted by Crippen LogP contribution is 2.23. The number of hydrogen-bond donors (Lipinski definition) is 2. The molecular formula is C9H10F3NO4S2. The van der Waals surface area contributed by atoms with Crippen LogP contribution < -0.4 is 4.72 Å². The van der Waals surface area contributed by atoms with Gasteiger partial charge in [0.05, 0.1) is 12.8 Å². The number of carbonyl (C=O) groups is 1. The van der Waals surface area contributed by atoms with E-state index < -0.39 is 35.1 Å². The Morgan fingerprint density at radius 2 is 2.00 bits per heavy atom. The Morgan fingerprint density at radius 1 is 1.37 bits per heavy atom. The van der Waals surface area contributed by atoms with Crippen molar-refractivity contribution in [3.8, 4) is 0 Å². The zero-order valence-corrected chi connectivity index (χ0v) is 11.0. The van der Waals surface area contributed by atoms with Crippen LogP contribution in [0.15, 0.2) is 16.3 Å². The minimum Gasteiger partial charge on any atom is -0.481 e. The summed E-state index contributed by atoms with van der Waals surface area (Å²) >= 11 is 0.714. The number of sulfonamides is 1. The molecule has 0 amide bonds. The second-order valence-electron chi connectivity index (χ2n) is 3.55. The summed E-state index contributed by atoms with van der Waals surface area (Å²) < 4.78 is 60.5. The SMILES string of the molecule is O=C(O)Cc1ccc(S(=O)(=O)NCCC(F)(F)F)s1. The van der Waals surface area contributed by atoms with Gasteiger partial charge < -0.3 is 5.11 Å². The predicted molar refractivity (Wildman–Crippen MR) is 61.5 cm³/mol. The molecule has 5 nitrogen and oxygen atoms in total. The van der Waals surface area contributed by atoms with E-state index in [-0.39, 0.29) is 10.6 Å². The van der Waals surface area contributed by atoms with Crippen LogP contribution in [0.1, 0.15) is 11.3 Å². The third kappa shape index (κ3) is 5.57. The first kappa shape index (κ1) is 15.9. The lowest BCUT2D eigenvalue weighted by atomic mass is 10.3. The Hall–Kier alpha value is -1.13. The molecule has 1 aromatic rings. The second-order valence-corrected chi connectivity index (χ2v) is 6.72. The van der Waals surface area contributed by atoms with Crippen molar-refractivity contribution in [2.24, 2.45) is 0 Å². The number of carboxylic acids is 1. The lowest BCUT2D eigenvalue weighted by Gasteiger charge is -2.07. The van der Waals surface area contributed by atoms with Crippen molar-refractivity contribution in [3.63, 3.8) is 0 Å². The number of alkyl halides is 3. The van der Waals surface area contributed by atoms with Crippen LogP contribution in [0.5, 0.6) is 0 Å². The fraction of sp³-hybridized carbons (Fsp3) is 0.444. The van der Waals surface area contributed by atoms with Gasteiger partial charge in [-0.3, -0.25) is 4.79 Å². The minimum atomic E-state index is -4.44. The summed E-state index contributed by atoms with van der Waals surface area (Å²) in [5, 5.41) is 8.53. The highest BCUT2D eigenvalue weighted by Gasteiger charge is 2.28. The fourth-order valence-electron chi connectivity index (χ4n) is 1.14. The first-order valence-electron chi connectivity index (χ1n) is 4.97. The molecule has 0 aliphatic carbocycles. The molecule has 108 valence electrons. The van der Waals surface area contributed by atoms with Crippen molar-refractivity contribution in [2.75, 3.05) is 6.54 Å². The zero-order chi connectivity index (χ0) is 14.7. The van der Waals surface area contributed by atoms with Crippen LogP contribution in [0, 0.1) is 0 Å². The van der Waals surface area contributed by atoms with Crippen LogP contribution in [-0.4, -0.2) is 32.2 Å². The molecule has 1 rings (SSSR count). The van der Waals surface area contributed by atoms with Gasteiger partial charge in [0, 0.05) is 11.4 Å². The average molecular weight is 317 g/mol. The van der Waals surface area contributed by atoms with E-state index in [2.05, 4.69) is 0 Å². The van der Waals surface area contributed by atoms with Crippen molar-refractivity contribution < 1.29 is 31.5 Å². The van der Waals surface area contributed by atoms with Crippen LogP contribution in [-0.2, 0) is 21.2 Å². The standard InChI is InChI=1S/C9H10F3NO4S2/c10-9(11,12)3-4-13-19(16,17)8-2-1-6(18-8)5-7(14)15/h1-2,13H,3-5H2,(H,14,15). The third-order valence-corrected chi connectivity index (χ3v) is 4.97. The van der Waals surface area contributed by atoms with Crippen LogP contribution in [0.3, 0.4) is 0 Å². The molecule has 1 heterocycles. The normalized spacial score (nSPS) is 12.6. The van der Waals surface area contributed by atoms with E-state index in [0.717, 1.165) is 0 Å². The van der Waals surface area contributed by atoms with Crippen LogP contribution in [0.2, 0.25) is 0 Å². The smallest absolute Gasteiger partial charge is 0.390 e. The van der Waals surface area contributed by atoms with Gasteiger partial charge in [-0.15, -0.1) is 11.3 Å². The van der Waals surface area contributed by atoms with Crippen molar-refractivity contribution in [1.82, 2.24) is 4.72 Å². The molecular weight excluding hydrogens is 307 g/mol. The summed E-state index contributed by atoms with van der Waals surface area (Å²) in [7, 11) is -4.02. The summed E-state index contributed by atoms with van der Waals surface area (Å²) in [4.78, 5) is 10.7. The van der Waals surface area contributed by atoms with Gasteiger partial charge in [0.15, 0.2) is 0 Å². The molecule has 0 bridgehead atoms. The maximum atomic E-state index is 11.9. The molecule has 19 heavy (non-hydrogen) atoms. The van der Waals surface area contributed by atoms with Crippen LogP contribution in [0.25, 0.3) is 0 Å². The van der Waals surface area contributed by atoms with E-state index in [0.29, 0.717) is 16.2 Å². The Balaban J connectivity index is 2.67. The second kappa shape index (κ2) is 5.88. The zero-order valence-electron chi connectivity index (χ0n) is 9.40. The molecule has 0 fully saturated rings. The summed E-state index contributed by atoms with van der Waals surface area (Å²) in [6.07, 6.45) is -6.03. The third-order valence-electron chi connectivity index (χ3n) is 1.93. The lowest BCUT2D eigenvalue weighted by molar-refractivity contribution is -0.136. The maximum Gasteiger partial charge on any atom is 0.390 e. The molecule has 0 saturated carbocycles. The number of halogens is 3. The minimum absolute atomic E-state index is 0.203. The van der Waals surface area contributed by atoms with E-state index in [1.165, 1.54) is 12.1 Å². The molecule has 2 N–H and O–H groups in total. The van der Waals surface area contributed by atoms with Gasteiger partial charge in [0.1, 0.15) is 4.21 Å². The monoisotopic (exact) mass is 317 g/mol. The number of hydrogen-bond acceptors (Lipinski definition) is 4. The Morgan fingerprint density at radius 3 is 2.53 bits per heavy atom. The topological polar surface area (TPSA) is 83.5 Å². The van der Waals surface area contributed by atoms with Crippen molar-refractivity contribution in [2.45, 2.75) is 23.2 Å². The van der Waals surface area contributed by atoms with E-state index >= 15 is 0 Å².